The van der Waals surface area contributed by atoms with Crippen LogP contribution >= 0.6 is 0 Å². The molecule has 1 aliphatic carbocycles. The summed E-state index contributed by atoms with van der Waals surface area (Å²) in [6.07, 6.45) is 8.12. The SMILES string of the molecule is C[C@@H]1CCCN([C@H](c2cc3cc4c(cc3[nH]c2=O)OCO4)c2nnnn2C2CCCCC2)C1. The fourth-order valence-corrected chi connectivity index (χ4v) is 5.74. The monoisotopic (exact) mass is 450 g/mol. The molecule has 2 atom stereocenters. The highest BCUT2D eigenvalue weighted by atomic mass is 16.7. The standard InChI is InChI=1S/C24H30N6O3/c1-15-6-5-9-29(13-15)22(23-26-27-28-30(23)17-7-3-2-4-8-17)18-10-16-11-20-21(33-14-32-20)12-19(16)25-24(18)31/h10-12,15,17,22H,2-9,13-14H2,1H3,(H,25,31)/t15-,22-/m1/s1. The largest absolute Gasteiger partial charge is 0.454 e. The molecule has 1 saturated carbocycles. The third kappa shape index (κ3) is 3.78. The van der Waals surface area contributed by atoms with Crippen LogP contribution in [0.2, 0.25) is 0 Å². The van der Waals surface area contributed by atoms with E-state index in [2.05, 4.69) is 32.3 Å². The number of aromatic amines is 1. The molecule has 33 heavy (non-hydrogen) atoms. The summed E-state index contributed by atoms with van der Waals surface area (Å²) in [4.78, 5) is 18.9. The number of nitrogens with zero attached hydrogens (tertiary/aromatic N) is 5. The summed E-state index contributed by atoms with van der Waals surface area (Å²) in [6.45, 7) is 4.32. The van der Waals surface area contributed by atoms with Gasteiger partial charge < -0.3 is 14.5 Å². The fourth-order valence-electron chi connectivity index (χ4n) is 5.74. The van der Waals surface area contributed by atoms with Gasteiger partial charge in [0.2, 0.25) is 6.79 Å². The van der Waals surface area contributed by atoms with Gasteiger partial charge in [-0.25, -0.2) is 4.68 Å². The van der Waals surface area contributed by atoms with E-state index in [4.69, 9.17) is 9.47 Å². The number of ether oxygens (including phenoxy) is 2. The van der Waals surface area contributed by atoms with Crippen molar-refractivity contribution in [3.63, 3.8) is 0 Å². The molecule has 0 amide bonds. The first-order valence-corrected chi connectivity index (χ1v) is 12.2. The van der Waals surface area contributed by atoms with Crippen molar-refractivity contribution in [3.8, 4) is 11.5 Å². The predicted molar refractivity (Wildman–Crippen MR) is 122 cm³/mol. The van der Waals surface area contributed by atoms with E-state index in [1.54, 1.807) is 0 Å². The van der Waals surface area contributed by atoms with Crippen molar-refractivity contribution in [1.29, 1.82) is 0 Å². The van der Waals surface area contributed by atoms with E-state index in [1.807, 2.05) is 22.9 Å². The van der Waals surface area contributed by atoms with Crippen LogP contribution in [0.5, 0.6) is 11.5 Å². The normalized spacial score (nSPS) is 22.6. The molecule has 1 saturated heterocycles. The molecule has 0 unspecified atom stereocenters. The minimum absolute atomic E-state index is 0.109. The van der Waals surface area contributed by atoms with Crippen LogP contribution in [-0.2, 0) is 0 Å². The van der Waals surface area contributed by atoms with E-state index in [1.165, 1.54) is 25.7 Å². The van der Waals surface area contributed by atoms with E-state index in [9.17, 15) is 4.79 Å². The number of piperidine rings is 1. The van der Waals surface area contributed by atoms with Crippen LogP contribution < -0.4 is 15.0 Å². The first-order valence-electron chi connectivity index (χ1n) is 12.2. The van der Waals surface area contributed by atoms with E-state index < -0.39 is 0 Å². The van der Waals surface area contributed by atoms with Gasteiger partial charge in [0.1, 0.15) is 6.04 Å². The second-order valence-electron chi connectivity index (χ2n) is 9.76. The number of H-pyrrole nitrogens is 1. The quantitative estimate of drug-likeness (QED) is 0.649. The maximum absolute atomic E-state index is 13.4. The molecule has 2 aliphatic heterocycles. The van der Waals surface area contributed by atoms with Gasteiger partial charge in [0, 0.05) is 23.6 Å². The van der Waals surface area contributed by atoms with Gasteiger partial charge >= 0.3 is 0 Å². The van der Waals surface area contributed by atoms with E-state index in [0.717, 1.165) is 49.1 Å². The molecule has 1 aromatic carbocycles. The smallest absolute Gasteiger partial charge is 0.253 e. The Balaban J connectivity index is 1.48. The van der Waals surface area contributed by atoms with Crippen LogP contribution in [0.1, 0.15) is 75.3 Å². The Hall–Kier alpha value is -2.94. The summed E-state index contributed by atoms with van der Waals surface area (Å²) in [5.74, 6) is 2.71. The van der Waals surface area contributed by atoms with Crippen LogP contribution in [0.4, 0.5) is 0 Å². The van der Waals surface area contributed by atoms with Crippen molar-refractivity contribution in [1.82, 2.24) is 30.1 Å². The molecule has 9 heteroatoms. The number of nitrogens with one attached hydrogen (secondary N) is 1. The Labute approximate surface area is 192 Å². The third-order valence-electron chi connectivity index (χ3n) is 7.40. The zero-order chi connectivity index (χ0) is 22.4. The first kappa shape index (κ1) is 20.7. The minimum Gasteiger partial charge on any atom is -0.454 e. The Morgan fingerprint density at radius 3 is 2.70 bits per heavy atom. The second-order valence-corrected chi connectivity index (χ2v) is 9.76. The average molecular weight is 451 g/mol. The minimum atomic E-state index is -0.289. The lowest BCUT2D eigenvalue weighted by Crippen LogP contribution is -2.41. The van der Waals surface area contributed by atoms with Gasteiger partial charge in [0.05, 0.1) is 11.6 Å². The summed E-state index contributed by atoms with van der Waals surface area (Å²) >= 11 is 0. The van der Waals surface area contributed by atoms with Crippen molar-refractivity contribution in [2.45, 2.75) is 64.0 Å². The zero-order valence-corrected chi connectivity index (χ0v) is 19.0. The summed E-state index contributed by atoms with van der Waals surface area (Å²) < 4.78 is 13.1. The highest BCUT2D eigenvalue weighted by Crippen LogP contribution is 2.38. The number of aromatic nitrogens is 5. The van der Waals surface area contributed by atoms with Crippen molar-refractivity contribution in [2.24, 2.45) is 5.92 Å². The lowest BCUT2D eigenvalue weighted by Gasteiger charge is -2.37. The Kier molecular flexibility index (Phi) is 5.28. The first-order chi connectivity index (χ1) is 16.2. The van der Waals surface area contributed by atoms with Crippen molar-refractivity contribution < 1.29 is 9.47 Å². The van der Waals surface area contributed by atoms with Gasteiger partial charge in [-0.05, 0) is 60.7 Å². The predicted octanol–water partition coefficient (Wildman–Crippen LogP) is 3.57. The number of hydrogen-bond donors (Lipinski definition) is 1. The maximum Gasteiger partial charge on any atom is 0.253 e. The van der Waals surface area contributed by atoms with Gasteiger partial charge in [0.15, 0.2) is 17.3 Å². The molecule has 3 aromatic rings. The average Bonchev–Trinajstić information content (AvgIpc) is 3.48. The topological polar surface area (TPSA) is 98.2 Å². The number of rotatable bonds is 4. The summed E-state index contributed by atoms with van der Waals surface area (Å²) in [5, 5.41) is 13.9. The lowest BCUT2D eigenvalue weighted by molar-refractivity contribution is 0.138. The molecule has 3 aliphatic rings. The lowest BCUT2D eigenvalue weighted by atomic mass is 9.93. The third-order valence-corrected chi connectivity index (χ3v) is 7.40. The molecule has 174 valence electrons. The number of likely N-dealkylation sites (tertiary alicyclic amines) is 1. The number of fused-ring (bicyclic) bond motifs is 2. The van der Waals surface area contributed by atoms with Crippen LogP contribution in [0.3, 0.4) is 0 Å². The zero-order valence-electron chi connectivity index (χ0n) is 19.0. The van der Waals surface area contributed by atoms with Gasteiger partial charge in [-0.15, -0.1) is 5.10 Å². The molecule has 4 heterocycles. The highest BCUT2D eigenvalue weighted by molar-refractivity contribution is 5.83. The molecular weight excluding hydrogens is 420 g/mol. The summed E-state index contributed by atoms with van der Waals surface area (Å²) in [7, 11) is 0. The molecule has 1 N–H and O–H groups in total. The van der Waals surface area contributed by atoms with Gasteiger partial charge in [-0.2, -0.15) is 0 Å². The fraction of sp³-hybridized carbons (Fsp3) is 0.583. The Morgan fingerprint density at radius 2 is 1.88 bits per heavy atom. The van der Waals surface area contributed by atoms with Crippen LogP contribution in [0.25, 0.3) is 10.9 Å². The van der Waals surface area contributed by atoms with Crippen LogP contribution in [-0.4, -0.2) is 50.0 Å². The maximum atomic E-state index is 13.4. The summed E-state index contributed by atoms with van der Waals surface area (Å²) in [5.41, 5.74) is 1.32. The summed E-state index contributed by atoms with van der Waals surface area (Å²) in [6, 6.07) is 5.77. The van der Waals surface area contributed by atoms with E-state index in [0.29, 0.717) is 29.0 Å². The number of tetrazole rings is 1. The highest BCUT2D eigenvalue weighted by Gasteiger charge is 2.34. The van der Waals surface area contributed by atoms with Crippen molar-refractivity contribution in [2.75, 3.05) is 19.9 Å². The number of benzene rings is 1. The van der Waals surface area contributed by atoms with Crippen molar-refractivity contribution in [3.05, 3.63) is 39.9 Å². The van der Waals surface area contributed by atoms with E-state index >= 15 is 0 Å². The Bertz CT molecular complexity index is 1210. The molecule has 2 fully saturated rings. The molecule has 2 aromatic heterocycles. The van der Waals surface area contributed by atoms with E-state index in [-0.39, 0.29) is 18.4 Å². The van der Waals surface area contributed by atoms with Crippen molar-refractivity contribution >= 4 is 10.9 Å². The second kappa shape index (κ2) is 8.44. The van der Waals surface area contributed by atoms with Crippen LogP contribution in [0.15, 0.2) is 23.0 Å². The number of pyridine rings is 1. The van der Waals surface area contributed by atoms with Gasteiger partial charge in [-0.1, -0.05) is 26.2 Å². The Morgan fingerprint density at radius 1 is 1.06 bits per heavy atom. The van der Waals surface area contributed by atoms with Gasteiger partial charge in [0.25, 0.3) is 5.56 Å². The van der Waals surface area contributed by atoms with Gasteiger partial charge in [-0.3, -0.25) is 9.69 Å². The molecule has 0 radical (unpaired) electrons. The molecule has 0 bridgehead atoms. The molecule has 6 rings (SSSR count). The molecular formula is C24H30N6O3. The van der Waals surface area contributed by atoms with Crippen LogP contribution in [0, 0.1) is 5.92 Å². The molecule has 0 spiro atoms. The molecule has 9 nitrogen and oxygen atoms in total. The number of hydrogen-bond acceptors (Lipinski definition) is 7.